The lowest BCUT2D eigenvalue weighted by Crippen LogP contribution is -2.29. The molecule has 1 rings (SSSR count). The summed E-state index contributed by atoms with van der Waals surface area (Å²) in [6.07, 6.45) is 5.88. The average Bonchev–Trinajstić information content (AvgIpc) is 2.56. The highest BCUT2D eigenvalue weighted by molar-refractivity contribution is 5.92. The van der Waals surface area contributed by atoms with Crippen LogP contribution in [-0.4, -0.2) is 38.2 Å². The highest BCUT2D eigenvalue weighted by Gasteiger charge is 2.14. The third kappa shape index (κ3) is 6.30. The number of carbonyl (C=O) groups is 2. The second kappa shape index (κ2) is 10.1. The fourth-order valence-electron chi connectivity index (χ4n) is 1.65. The number of ether oxygens (including phenoxy) is 3. The Morgan fingerprint density at radius 1 is 1.22 bits per heavy atom. The highest BCUT2D eigenvalue weighted by Crippen LogP contribution is 2.29. The number of nitrogens with one attached hydrogen (secondary N) is 1. The lowest BCUT2D eigenvalue weighted by atomic mass is 10.2. The first-order valence-electron chi connectivity index (χ1n) is 7.39. The molecule has 0 unspecified atom stereocenters. The van der Waals surface area contributed by atoms with Crippen LogP contribution in [-0.2, 0) is 9.53 Å². The van der Waals surface area contributed by atoms with Gasteiger partial charge in [0.2, 0.25) is 0 Å². The molecule has 6 heteroatoms. The van der Waals surface area contributed by atoms with Crippen molar-refractivity contribution in [3.05, 3.63) is 23.8 Å². The van der Waals surface area contributed by atoms with Crippen LogP contribution in [0.5, 0.6) is 11.5 Å². The van der Waals surface area contributed by atoms with Crippen LogP contribution in [0, 0.1) is 12.3 Å². The molecule has 0 atom stereocenters. The predicted molar refractivity (Wildman–Crippen MR) is 85.5 cm³/mol. The van der Waals surface area contributed by atoms with Gasteiger partial charge in [-0.15, -0.1) is 6.42 Å². The van der Waals surface area contributed by atoms with Crippen molar-refractivity contribution in [1.82, 2.24) is 5.32 Å². The third-order valence-corrected chi connectivity index (χ3v) is 2.66. The van der Waals surface area contributed by atoms with Crippen LogP contribution >= 0.6 is 0 Å². The van der Waals surface area contributed by atoms with E-state index in [1.165, 1.54) is 6.07 Å². The van der Waals surface area contributed by atoms with Crippen molar-refractivity contribution >= 4 is 11.9 Å². The van der Waals surface area contributed by atoms with Crippen molar-refractivity contribution in [2.45, 2.75) is 20.3 Å². The molecule has 1 N–H and O–H groups in total. The van der Waals surface area contributed by atoms with Gasteiger partial charge in [-0.2, -0.15) is 0 Å². The van der Waals surface area contributed by atoms with E-state index in [-0.39, 0.29) is 12.1 Å². The Hall–Kier alpha value is -2.68. The molecule has 0 aliphatic heterocycles. The fourth-order valence-corrected chi connectivity index (χ4v) is 1.65. The second-order valence-corrected chi connectivity index (χ2v) is 4.50. The Morgan fingerprint density at radius 2 is 2.00 bits per heavy atom. The van der Waals surface area contributed by atoms with E-state index in [1.807, 2.05) is 13.8 Å². The molecule has 0 aliphatic carbocycles. The standard InChI is InChI=1S/C17H21NO5/c1-4-9-18-16(19)12-23-17(20)13-7-8-14(22-10-5-2)15(11-13)21-6-3/h1,7-8,11H,5-6,9-10,12H2,2-3H3,(H,18,19). The molecule has 1 aromatic carbocycles. The normalized spacial score (nSPS) is 9.61. The molecular weight excluding hydrogens is 298 g/mol. The van der Waals surface area contributed by atoms with Crippen LogP contribution in [0.4, 0.5) is 0 Å². The summed E-state index contributed by atoms with van der Waals surface area (Å²) in [7, 11) is 0. The molecule has 0 heterocycles. The Labute approximate surface area is 136 Å². The molecule has 124 valence electrons. The van der Waals surface area contributed by atoms with Crippen LogP contribution < -0.4 is 14.8 Å². The molecular formula is C17H21NO5. The van der Waals surface area contributed by atoms with Crippen molar-refractivity contribution in [3.8, 4) is 23.8 Å². The van der Waals surface area contributed by atoms with Crippen LogP contribution in [0.25, 0.3) is 0 Å². The highest BCUT2D eigenvalue weighted by atomic mass is 16.5. The molecule has 0 bridgehead atoms. The van der Waals surface area contributed by atoms with Gasteiger partial charge >= 0.3 is 5.97 Å². The lowest BCUT2D eigenvalue weighted by molar-refractivity contribution is -0.123. The van der Waals surface area contributed by atoms with Crippen LogP contribution in [0.1, 0.15) is 30.6 Å². The summed E-state index contributed by atoms with van der Waals surface area (Å²) in [6, 6.07) is 4.75. The minimum absolute atomic E-state index is 0.0916. The maximum atomic E-state index is 12.0. The molecule has 1 amide bonds. The number of terminal acetylenes is 1. The number of hydrogen-bond acceptors (Lipinski definition) is 5. The zero-order valence-corrected chi connectivity index (χ0v) is 13.4. The van der Waals surface area contributed by atoms with E-state index >= 15 is 0 Å². The van der Waals surface area contributed by atoms with Gasteiger partial charge < -0.3 is 19.5 Å². The van der Waals surface area contributed by atoms with Gasteiger partial charge in [-0.05, 0) is 31.5 Å². The zero-order valence-electron chi connectivity index (χ0n) is 13.4. The van der Waals surface area contributed by atoms with Gasteiger partial charge in [0.05, 0.1) is 25.3 Å². The van der Waals surface area contributed by atoms with Gasteiger partial charge in [0.1, 0.15) is 0 Å². The summed E-state index contributed by atoms with van der Waals surface area (Å²) in [5.74, 6) is 2.22. The minimum atomic E-state index is -0.621. The van der Waals surface area contributed by atoms with E-state index < -0.39 is 18.5 Å². The molecule has 0 saturated heterocycles. The van der Waals surface area contributed by atoms with Gasteiger partial charge in [-0.1, -0.05) is 12.8 Å². The first-order valence-corrected chi connectivity index (χ1v) is 7.39. The summed E-state index contributed by atoms with van der Waals surface area (Å²) < 4.78 is 16.0. The SMILES string of the molecule is C#CCNC(=O)COC(=O)c1ccc(OCCC)c(OCC)c1. The fraction of sp³-hybridized carbons (Fsp3) is 0.412. The Kier molecular flexibility index (Phi) is 8.08. The van der Waals surface area contributed by atoms with Gasteiger partial charge in [-0.25, -0.2) is 4.79 Å². The number of amides is 1. The second-order valence-electron chi connectivity index (χ2n) is 4.50. The van der Waals surface area contributed by atoms with E-state index in [0.29, 0.717) is 24.7 Å². The quantitative estimate of drug-likeness (QED) is 0.555. The number of benzene rings is 1. The van der Waals surface area contributed by atoms with E-state index in [1.54, 1.807) is 12.1 Å². The Morgan fingerprint density at radius 3 is 2.65 bits per heavy atom. The summed E-state index contributed by atoms with van der Waals surface area (Å²) in [6.45, 7) is 4.53. The topological polar surface area (TPSA) is 73.9 Å². The summed E-state index contributed by atoms with van der Waals surface area (Å²) in [5, 5.41) is 2.41. The van der Waals surface area contributed by atoms with E-state index in [0.717, 1.165) is 6.42 Å². The van der Waals surface area contributed by atoms with Gasteiger partial charge in [0.25, 0.3) is 5.91 Å². The van der Waals surface area contributed by atoms with Gasteiger partial charge in [-0.3, -0.25) is 4.79 Å². The average molecular weight is 319 g/mol. The summed E-state index contributed by atoms with van der Waals surface area (Å²) >= 11 is 0. The first kappa shape index (κ1) is 18.4. The van der Waals surface area contributed by atoms with E-state index in [4.69, 9.17) is 20.6 Å². The van der Waals surface area contributed by atoms with Crippen LogP contribution in [0.2, 0.25) is 0 Å². The maximum Gasteiger partial charge on any atom is 0.338 e. The number of carbonyl (C=O) groups excluding carboxylic acids is 2. The monoisotopic (exact) mass is 319 g/mol. The zero-order chi connectivity index (χ0) is 17.1. The maximum absolute atomic E-state index is 12.0. The molecule has 0 spiro atoms. The van der Waals surface area contributed by atoms with Gasteiger partial charge in [0, 0.05) is 0 Å². The number of esters is 1. The molecule has 0 aromatic heterocycles. The minimum Gasteiger partial charge on any atom is -0.490 e. The van der Waals surface area contributed by atoms with Crippen molar-refractivity contribution in [3.63, 3.8) is 0 Å². The molecule has 0 saturated carbocycles. The molecule has 1 aromatic rings. The van der Waals surface area contributed by atoms with Crippen LogP contribution in [0.3, 0.4) is 0 Å². The van der Waals surface area contributed by atoms with E-state index in [9.17, 15) is 9.59 Å². The molecule has 0 radical (unpaired) electrons. The summed E-state index contributed by atoms with van der Waals surface area (Å²) in [5.41, 5.74) is 0.280. The largest absolute Gasteiger partial charge is 0.490 e. The van der Waals surface area contributed by atoms with Crippen molar-refractivity contribution in [1.29, 1.82) is 0 Å². The number of rotatable bonds is 9. The Bertz CT molecular complexity index is 577. The van der Waals surface area contributed by atoms with Gasteiger partial charge in [0.15, 0.2) is 18.1 Å². The van der Waals surface area contributed by atoms with Crippen LogP contribution in [0.15, 0.2) is 18.2 Å². The molecule has 0 aliphatic rings. The molecule has 6 nitrogen and oxygen atoms in total. The predicted octanol–water partition coefficient (Wildman–Crippen LogP) is 1.78. The first-order chi connectivity index (χ1) is 11.1. The van der Waals surface area contributed by atoms with E-state index in [2.05, 4.69) is 11.2 Å². The molecule has 23 heavy (non-hydrogen) atoms. The molecule has 0 fully saturated rings. The number of hydrogen-bond donors (Lipinski definition) is 1. The van der Waals surface area contributed by atoms with Crippen molar-refractivity contribution in [2.24, 2.45) is 0 Å². The summed E-state index contributed by atoms with van der Waals surface area (Å²) in [4.78, 5) is 23.3. The Balaban J connectivity index is 2.71. The smallest absolute Gasteiger partial charge is 0.338 e. The third-order valence-electron chi connectivity index (χ3n) is 2.66. The lowest BCUT2D eigenvalue weighted by Gasteiger charge is -2.12. The van der Waals surface area contributed by atoms with Crippen molar-refractivity contribution < 1.29 is 23.8 Å². The van der Waals surface area contributed by atoms with Crippen molar-refractivity contribution in [2.75, 3.05) is 26.4 Å².